The van der Waals surface area contributed by atoms with E-state index >= 15 is 0 Å². The molecule has 0 aliphatic heterocycles. The molecule has 0 radical (unpaired) electrons. The SMILES string of the molecule is Cc1nc(C(F)F)c(C#N)cc1CC#N. The standard InChI is InChI=1S/C10H7F2N3/c1-6-7(2-3-13)4-8(5-14)9(15-6)10(11)12/h4,10H,2H2,1H3. The second-order valence-electron chi connectivity index (χ2n) is 2.91. The smallest absolute Gasteiger partial charge is 0.250 e. The van der Waals surface area contributed by atoms with Crippen LogP contribution in [0.5, 0.6) is 0 Å². The number of aryl methyl sites for hydroxylation is 1. The highest BCUT2D eigenvalue weighted by molar-refractivity contribution is 5.40. The van der Waals surface area contributed by atoms with E-state index in [0.717, 1.165) is 0 Å². The zero-order valence-corrected chi connectivity index (χ0v) is 7.96. The predicted molar refractivity (Wildman–Crippen MR) is 48.0 cm³/mol. The highest BCUT2D eigenvalue weighted by Crippen LogP contribution is 2.22. The van der Waals surface area contributed by atoms with Crippen molar-refractivity contribution in [1.82, 2.24) is 4.98 Å². The van der Waals surface area contributed by atoms with Gasteiger partial charge in [0, 0.05) is 5.69 Å². The van der Waals surface area contributed by atoms with Crippen molar-refractivity contribution in [1.29, 1.82) is 10.5 Å². The molecule has 0 aromatic carbocycles. The molecule has 0 aliphatic rings. The van der Waals surface area contributed by atoms with E-state index in [9.17, 15) is 8.78 Å². The molecular formula is C10H7F2N3. The summed E-state index contributed by atoms with van der Waals surface area (Å²) in [7, 11) is 0. The van der Waals surface area contributed by atoms with Gasteiger partial charge in [0.25, 0.3) is 6.43 Å². The van der Waals surface area contributed by atoms with Gasteiger partial charge < -0.3 is 0 Å². The highest BCUT2D eigenvalue weighted by atomic mass is 19.3. The van der Waals surface area contributed by atoms with Gasteiger partial charge in [-0.15, -0.1) is 0 Å². The molecule has 0 atom stereocenters. The molecule has 0 N–H and O–H groups in total. The van der Waals surface area contributed by atoms with Crippen molar-refractivity contribution in [3.8, 4) is 12.1 Å². The van der Waals surface area contributed by atoms with E-state index in [2.05, 4.69) is 4.98 Å². The van der Waals surface area contributed by atoms with Crippen LogP contribution in [0.2, 0.25) is 0 Å². The molecule has 0 saturated carbocycles. The van der Waals surface area contributed by atoms with Gasteiger partial charge in [-0.1, -0.05) is 0 Å². The third kappa shape index (κ3) is 2.26. The maximum atomic E-state index is 12.4. The van der Waals surface area contributed by atoms with Crippen LogP contribution in [0, 0.1) is 29.6 Å². The molecule has 5 heteroatoms. The Balaban J connectivity index is 3.32. The lowest BCUT2D eigenvalue weighted by molar-refractivity contribution is 0.145. The van der Waals surface area contributed by atoms with E-state index in [1.54, 1.807) is 13.0 Å². The summed E-state index contributed by atoms with van der Waals surface area (Å²) in [6.07, 6.45) is -2.70. The minimum Gasteiger partial charge on any atom is -0.250 e. The Hall–Kier alpha value is -2.01. The fourth-order valence-electron chi connectivity index (χ4n) is 1.19. The Bertz CT molecular complexity index is 455. The number of nitriles is 2. The normalized spacial score (nSPS) is 9.73. The van der Waals surface area contributed by atoms with Gasteiger partial charge in [0.1, 0.15) is 11.8 Å². The summed E-state index contributed by atoms with van der Waals surface area (Å²) in [6, 6.07) is 4.84. The second kappa shape index (κ2) is 4.47. The van der Waals surface area contributed by atoms with Crippen molar-refractivity contribution >= 4 is 0 Å². The van der Waals surface area contributed by atoms with E-state index in [1.807, 2.05) is 6.07 Å². The van der Waals surface area contributed by atoms with Crippen molar-refractivity contribution in [2.75, 3.05) is 0 Å². The summed E-state index contributed by atoms with van der Waals surface area (Å²) in [4.78, 5) is 3.64. The zero-order valence-electron chi connectivity index (χ0n) is 7.96. The van der Waals surface area contributed by atoms with E-state index < -0.39 is 12.1 Å². The van der Waals surface area contributed by atoms with E-state index in [0.29, 0.717) is 11.3 Å². The lowest BCUT2D eigenvalue weighted by Gasteiger charge is -2.06. The first kappa shape index (κ1) is 11.1. The monoisotopic (exact) mass is 207 g/mol. The molecule has 3 nitrogen and oxygen atoms in total. The first-order chi connectivity index (χ1) is 7.10. The third-order valence-corrected chi connectivity index (χ3v) is 1.94. The van der Waals surface area contributed by atoms with E-state index in [4.69, 9.17) is 10.5 Å². The second-order valence-corrected chi connectivity index (χ2v) is 2.91. The van der Waals surface area contributed by atoms with Crippen molar-refractivity contribution in [2.24, 2.45) is 0 Å². The first-order valence-electron chi connectivity index (χ1n) is 4.15. The fourth-order valence-corrected chi connectivity index (χ4v) is 1.19. The molecule has 0 unspecified atom stereocenters. The van der Waals surface area contributed by atoms with Crippen molar-refractivity contribution in [3.05, 3.63) is 28.6 Å². The molecule has 1 aromatic heterocycles. The van der Waals surface area contributed by atoms with Gasteiger partial charge in [-0.25, -0.2) is 8.78 Å². The molecule has 0 saturated heterocycles. The maximum Gasteiger partial charge on any atom is 0.281 e. The minimum atomic E-state index is -2.77. The van der Waals surface area contributed by atoms with Gasteiger partial charge in [-0.2, -0.15) is 10.5 Å². The van der Waals surface area contributed by atoms with Crippen LogP contribution in [0.1, 0.15) is 28.9 Å². The Morgan fingerprint density at radius 1 is 1.47 bits per heavy atom. The predicted octanol–water partition coefficient (Wildman–Crippen LogP) is 2.27. The molecule has 1 heterocycles. The molecule has 0 fully saturated rings. The number of pyridine rings is 1. The summed E-state index contributed by atoms with van der Waals surface area (Å²) in [6.45, 7) is 1.54. The number of halogens is 2. The van der Waals surface area contributed by atoms with Gasteiger partial charge in [-0.05, 0) is 18.6 Å². The van der Waals surface area contributed by atoms with Crippen LogP contribution < -0.4 is 0 Å². The summed E-state index contributed by atoms with van der Waals surface area (Å²) < 4.78 is 24.9. The van der Waals surface area contributed by atoms with E-state index in [-0.39, 0.29) is 12.0 Å². The van der Waals surface area contributed by atoms with Crippen LogP contribution in [0.4, 0.5) is 8.78 Å². The third-order valence-electron chi connectivity index (χ3n) is 1.94. The van der Waals surface area contributed by atoms with Gasteiger partial charge in [-0.3, -0.25) is 4.98 Å². The van der Waals surface area contributed by atoms with Crippen molar-refractivity contribution in [2.45, 2.75) is 19.8 Å². The zero-order chi connectivity index (χ0) is 11.4. The summed E-state index contributed by atoms with van der Waals surface area (Å²) in [5, 5.41) is 17.1. The Kier molecular flexibility index (Phi) is 3.30. The molecule has 0 aliphatic carbocycles. The number of nitrogens with zero attached hydrogens (tertiary/aromatic N) is 3. The van der Waals surface area contributed by atoms with Crippen LogP contribution in [0.25, 0.3) is 0 Å². The average molecular weight is 207 g/mol. The van der Waals surface area contributed by atoms with Gasteiger partial charge in [0.15, 0.2) is 0 Å². The Morgan fingerprint density at radius 2 is 2.13 bits per heavy atom. The van der Waals surface area contributed by atoms with Crippen molar-refractivity contribution < 1.29 is 8.78 Å². The van der Waals surface area contributed by atoms with Crippen LogP contribution in [-0.2, 0) is 6.42 Å². The first-order valence-corrected chi connectivity index (χ1v) is 4.15. The molecular weight excluding hydrogens is 200 g/mol. The molecule has 0 spiro atoms. The molecule has 76 valence electrons. The van der Waals surface area contributed by atoms with Gasteiger partial charge >= 0.3 is 0 Å². The highest BCUT2D eigenvalue weighted by Gasteiger charge is 2.16. The molecule has 15 heavy (non-hydrogen) atoms. The minimum absolute atomic E-state index is 0.0665. The van der Waals surface area contributed by atoms with Crippen LogP contribution in [-0.4, -0.2) is 4.98 Å². The summed E-state index contributed by atoms with van der Waals surface area (Å²) >= 11 is 0. The summed E-state index contributed by atoms with van der Waals surface area (Å²) in [5.74, 6) is 0. The quantitative estimate of drug-likeness (QED) is 0.747. The van der Waals surface area contributed by atoms with Gasteiger partial charge in [0.2, 0.25) is 0 Å². The van der Waals surface area contributed by atoms with Gasteiger partial charge in [0.05, 0.1) is 18.1 Å². The number of hydrogen-bond donors (Lipinski definition) is 0. The molecule has 0 amide bonds. The van der Waals surface area contributed by atoms with E-state index in [1.165, 1.54) is 6.07 Å². The largest absolute Gasteiger partial charge is 0.281 e. The molecule has 0 bridgehead atoms. The lowest BCUT2D eigenvalue weighted by Crippen LogP contribution is -2.01. The summed E-state index contributed by atoms with van der Waals surface area (Å²) in [5.41, 5.74) is 0.196. The molecule has 1 rings (SSSR count). The fraction of sp³-hybridized carbons (Fsp3) is 0.300. The molecule has 1 aromatic rings. The van der Waals surface area contributed by atoms with Crippen molar-refractivity contribution in [3.63, 3.8) is 0 Å². The maximum absolute atomic E-state index is 12.4. The number of hydrogen-bond acceptors (Lipinski definition) is 3. The van der Waals surface area contributed by atoms with Crippen LogP contribution >= 0.6 is 0 Å². The Morgan fingerprint density at radius 3 is 2.60 bits per heavy atom. The average Bonchev–Trinajstić information content (AvgIpc) is 2.20. The number of alkyl halides is 2. The number of aromatic nitrogens is 1. The van der Waals surface area contributed by atoms with Crippen LogP contribution in [0.3, 0.4) is 0 Å². The van der Waals surface area contributed by atoms with Crippen LogP contribution in [0.15, 0.2) is 6.07 Å². The number of rotatable bonds is 2. The lowest BCUT2D eigenvalue weighted by atomic mass is 10.1. The Labute approximate surface area is 85.6 Å². The topological polar surface area (TPSA) is 60.5 Å².